The van der Waals surface area contributed by atoms with Gasteiger partial charge in [-0.1, -0.05) is 17.2 Å². The van der Waals surface area contributed by atoms with Gasteiger partial charge >= 0.3 is 0 Å². The van der Waals surface area contributed by atoms with Crippen molar-refractivity contribution in [2.24, 2.45) is 0 Å². The van der Waals surface area contributed by atoms with Crippen molar-refractivity contribution in [3.63, 3.8) is 0 Å². The van der Waals surface area contributed by atoms with E-state index in [-0.39, 0.29) is 5.91 Å². The molecular weight excluding hydrogens is 366 g/mol. The Morgan fingerprint density at radius 3 is 2.34 bits per heavy atom. The van der Waals surface area contributed by atoms with E-state index in [0.29, 0.717) is 28.7 Å². The smallest absolute Gasteiger partial charge is 0.255 e. The number of hydrogen-bond donors (Lipinski definition) is 1. The molecular formula is C22H19N5O2. The van der Waals surface area contributed by atoms with Crippen LogP contribution in [0.1, 0.15) is 21.5 Å². The van der Waals surface area contributed by atoms with Crippen molar-refractivity contribution in [2.45, 2.75) is 13.8 Å². The van der Waals surface area contributed by atoms with Crippen molar-refractivity contribution in [1.82, 2.24) is 20.0 Å². The first-order valence-corrected chi connectivity index (χ1v) is 9.08. The number of amides is 1. The predicted octanol–water partition coefficient (Wildman–Crippen LogP) is 4.32. The molecule has 0 saturated heterocycles. The van der Waals surface area contributed by atoms with Crippen LogP contribution in [-0.4, -0.2) is 25.9 Å². The summed E-state index contributed by atoms with van der Waals surface area (Å²) in [6.07, 6.45) is 3.46. The van der Waals surface area contributed by atoms with Crippen molar-refractivity contribution >= 4 is 11.6 Å². The molecule has 7 nitrogen and oxygen atoms in total. The van der Waals surface area contributed by atoms with Crippen LogP contribution >= 0.6 is 0 Å². The number of benzene rings is 2. The Labute approximate surface area is 168 Å². The molecule has 7 heteroatoms. The first kappa shape index (κ1) is 18.4. The maximum absolute atomic E-state index is 12.5. The first-order chi connectivity index (χ1) is 14.1. The summed E-state index contributed by atoms with van der Waals surface area (Å²) >= 11 is 0. The standard InChI is InChI=1S/C22H19N5O2/c1-15-12-16(2)14-17(13-15)22(28)24-18-4-6-19(7-5-18)29-21-9-8-20(25-26-21)27-11-3-10-23-27/h3-14H,1-2H3,(H,24,28). The third kappa shape index (κ3) is 4.47. The van der Waals surface area contributed by atoms with E-state index in [0.717, 1.165) is 11.1 Å². The lowest BCUT2D eigenvalue weighted by Crippen LogP contribution is -2.12. The number of carbonyl (C=O) groups is 1. The fourth-order valence-electron chi connectivity index (χ4n) is 2.93. The second-order valence-electron chi connectivity index (χ2n) is 6.64. The Bertz CT molecular complexity index is 1100. The summed E-state index contributed by atoms with van der Waals surface area (Å²) in [7, 11) is 0. The molecule has 0 aliphatic heterocycles. The second kappa shape index (κ2) is 7.93. The third-order valence-electron chi connectivity index (χ3n) is 4.18. The predicted molar refractivity (Wildman–Crippen MR) is 110 cm³/mol. The monoisotopic (exact) mass is 385 g/mol. The van der Waals surface area contributed by atoms with Gasteiger partial charge in [-0.15, -0.1) is 10.2 Å². The van der Waals surface area contributed by atoms with Crippen LogP contribution < -0.4 is 10.1 Å². The van der Waals surface area contributed by atoms with E-state index in [4.69, 9.17) is 4.74 Å². The molecule has 0 fully saturated rings. The van der Waals surface area contributed by atoms with Crippen LogP contribution in [0.4, 0.5) is 5.69 Å². The van der Waals surface area contributed by atoms with Gasteiger partial charge in [0.1, 0.15) is 5.75 Å². The number of carbonyl (C=O) groups excluding carboxylic acids is 1. The first-order valence-electron chi connectivity index (χ1n) is 9.08. The largest absolute Gasteiger partial charge is 0.438 e. The van der Waals surface area contributed by atoms with E-state index in [1.807, 2.05) is 38.1 Å². The van der Waals surface area contributed by atoms with E-state index in [1.165, 1.54) is 0 Å². The molecule has 2 aromatic carbocycles. The highest BCUT2D eigenvalue weighted by Crippen LogP contribution is 2.22. The van der Waals surface area contributed by atoms with Crippen LogP contribution in [0.15, 0.2) is 73.1 Å². The normalized spacial score (nSPS) is 10.6. The van der Waals surface area contributed by atoms with Crippen LogP contribution in [-0.2, 0) is 0 Å². The summed E-state index contributed by atoms with van der Waals surface area (Å²) in [4.78, 5) is 12.5. The molecule has 0 aliphatic rings. The molecule has 0 radical (unpaired) electrons. The SMILES string of the molecule is Cc1cc(C)cc(C(=O)Nc2ccc(Oc3ccc(-n4cccn4)nn3)cc2)c1. The van der Waals surface area contributed by atoms with Crippen molar-refractivity contribution in [3.8, 4) is 17.4 Å². The van der Waals surface area contributed by atoms with Gasteiger partial charge < -0.3 is 10.1 Å². The van der Waals surface area contributed by atoms with Crippen LogP contribution in [0.3, 0.4) is 0 Å². The summed E-state index contributed by atoms with van der Waals surface area (Å²) < 4.78 is 7.33. The lowest BCUT2D eigenvalue weighted by atomic mass is 10.1. The van der Waals surface area contributed by atoms with Gasteiger partial charge in [-0.2, -0.15) is 5.10 Å². The minimum absolute atomic E-state index is 0.148. The van der Waals surface area contributed by atoms with E-state index in [2.05, 4.69) is 20.6 Å². The number of anilines is 1. The van der Waals surface area contributed by atoms with Crippen LogP contribution in [0.25, 0.3) is 5.82 Å². The molecule has 0 unspecified atom stereocenters. The average Bonchev–Trinajstić information content (AvgIpc) is 3.24. The molecule has 1 N–H and O–H groups in total. The minimum atomic E-state index is -0.148. The van der Waals surface area contributed by atoms with Gasteiger partial charge in [0.25, 0.3) is 5.91 Å². The van der Waals surface area contributed by atoms with Gasteiger partial charge in [-0.05, 0) is 62.4 Å². The molecule has 2 aromatic heterocycles. The number of rotatable bonds is 5. The maximum atomic E-state index is 12.5. The number of ether oxygens (including phenoxy) is 1. The van der Waals surface area contributed by atoms with Crippen LogP contribution in [0.2, 0.25) is 0 Å². The Kier molecular flexibility index (Phi) is 5.03. The Morgan fingerprint density at radius 1 is 0.966 bits per heavy atom. The van der Waals surface area contributed by atoms with E-state index >= 15 is 0 Å². The zero-order chi connectivity index (χ0) is 20.2. The average molecular weight is 385 g/mol. The zero-order valence-electron chi connectivity index (χ0n) is 16.0. The van der Waals surface area contributed by atoms with Gasteiger partial charge in [0.15, 0.2) is 5.82 Å². The molecule has 2 heterocycles. The van der Waals surface area contributed by atoms with Gasteiger partial charge in [-0.3, -0.25) is 4.79 Å². The highest BCUT2D eigenvalue weighted by Gasteiger charge is 2.08. The lowest BCUT2D eigenvalue weighted by Gasteiger charge is -2.09. The molecule has 0 spiro atoms. The fraction of sp³-hybridized carbons (Fsp3) is 0.0909. The van der Waals surface area contributed by atoms with Crippen molar-refractivity contribution < 1.29 is 9.53 Å². The third-order valence-corrected chi connectivity index (χ3v) is 4.18. The highest BCUT2D eigenvalue weighted by molar-refractivity contribution is 6.04. The van der Waals surface area contributed by atoms with Gasteiger partial charge in [0.05, 0.1) is 0 Å². The van der Waals surface area contributed by atoms with Gasteiger partial charge in [0.2, 0.25) is 5.88 Å². The van der Waals surface area contributed by atoms with Gasteiger partial charge in [-0.25, -0.2) is 4.68 Å². The summed E-state index contributed by atoms with van der Waals surface area (Å²) in [5.74, 6) is 1.42. The summed E-state index contributed by atoms with van der Waals surface area (Å²) in [6.45, 7) is 3.95. The number of nitrogens with one attached hydrogen (secondary N) is 1. The molecule has 29 heavy (non-hydrogen) atoms. The molecule has 1 amide bonds. The van der Waals surface area contributed by atoms with E-state index < -0.39 is 0 Å². The number of aromatic nitrogens is 4. The highest BCUT2D eigenvalue weighted by atomic mass is 16.5. The Morgan fingerprint density at radius 2 is 1.72 bits per heavy atom. The number of aryl methyl sites for hydroxylation is 2. The Balaban J connectivity index is 1.40. The quantitative estimate of drug-likeness (QED) is 0.553. The molecule has 0 bridgehead atoms. The summed E-state index contributed by atoms with van der Waals surface area (Å²) in [6, 6.07) is 18.2. The topological polar surface area (TPSA) is 81.9 Å². The summed E-state index contributed by atoms with van der Waals surface area (Å²) in [5.41, 5.74) is 3.43. The molecule has 0 saturated carbocycles. The number of hydrogen-bond acceptors (Lipinski definition) is 5. The zero-order valence-corrected chi connectivity index (χ0v) is 16.0. The van der Waals surface area contributed by atoms with Crippen molar-refractivity contribution in [2.75, 3.05) is 5.32 Å². The second-order valence-corrected chi connectivity index (χ2v) is 6.64. The van der Waals surface area contributed by atoms with Crippen LogP contribution in [0.5, 0.6) is 11.6 Å². The fourth-order valence-corrected chi connectivity index (χ4v) is 2.93. The van der Waals surface area contributed by atoms with E-state index in [9.17, 15) is 4.79 Å². The summed E-state index contributed by atoms with van der Waals surface area (Å²) in [5, 5.41) is 15.1. The maximum Gasteiger partial charge on any atom is 0.255 e. The van der Waals surface area contributed by atoms with Crippen molar-refractivity contribution in [1.29, 1.82) is 0 Å². The molecule has 0 atom stereocenters. The molecule has 0 aliphatic carbocycles. The minimum Gasteiger partial charge on any atom is -0.438 e. The molecule has 4 aromatic rings. The number of nitrogens with zero attached hydrogens (tertiary/aromatic N) is 4. The van der Waals surface area contributed by atoms with Crippen LogP contribution in [0, 0.1) is 13.8 Å². The Hall–Kier alpha value is -4.00. The van der Waals surface area contributed by atoms with Crippen molar-refractivity contribution in [3.05, 3.63) is 89.7 Å². The van der Waals surface area contributed by atoms with E-state index in [1.54, 1.807) is 53.5 Å². The van der Waals surface area contributed by atoms with Gasteiger partial charge in [0, 0.05) is 29.7 Å². The molecule has 4 rings (SSSR count). The lowest BCUT2D eigenvalue weighted by molar-refractivity contribution is 0.102. The molecule has 144 valence electrons.